The monoisotopic (exact) mass is 235 g/mol. The highest BCUT2D eigenvalue weighted by atomic mass is 16.5. The maximum Gasteiger partial charge on any atom is 0.119 e. The molecular weight excluding hydrogens is 210 g/mol. The van der Waals surface area contributed by atoms with Crippen molar-refractivity contribution in [1.82, 2.24) is 5.32 Å². The van der Waals surface area contributed by atoms with Gasteiger partial charge in [-0.15, -0.1) is 0 Å². The quantitative estimate of drug-likeness (QED) is 0.745. The van der Waals surface area contributed by atoms with E-state index in [4.69, 9.17) is 4.74 Å². The van der Waals surface area contributed by atoms with Crippen LogP contribution in [0.15, 0.2) is 30.3 Å². The van der Waals surface area contributed by atoms with Gasteiger partial charge in [0.15, 0.2) is 0 Å². The molecule has 1 rings (SSSR count). The lowest BCUT2D eigenvalue weighted by molar-refractivity contribution is 0.257. The summed E-state index contributed by atoms with van der Waals surface area (Å²) >= 11 is 0. The summed E-state index contributed by atoms with van der Waals surface area (Å²) in [4.78, 5) is 0. The summed E-state index contributed by atoms with van der Waals surface area (Å²) in [6, 6.07) is 10.6. The molecule has 0 fully saturated rings. The Balaban J connectivity index is 2.28. The van der Waals surface area contributed by atoms with Gasteiger partial charge in [0.05, 0.1) is 6.61 Å². The molecule has 1 N–H and O–H groups in total. The molecule has 0 aliphatic rings. The molecule has 2 heteroatoms. The van der Waals surface area contributed by atoms with E-state index in [0.717, 1.165) is 18.8 Å². The summed E-state index contributed by atoms with van der Waals surface area (Å²) in [7, 11) is 2.04. The Hall–Kier alpha value is -1.02. The van der Waals surface area contributed by atoms with Crippen molar-refractivity contribution in [3.8, 4) is 5.75 Å². The molecule has 0 bridgehead atoms. The maximum atomic E-state index is 5.73. The lowest BCUT2D eigenvalue weighted by Gasteiger charge is -2.23. The van der Waals surface area contributed by atoms with Crippen LogP contribution in [0.25, 0.3) is 0 Å². The summed E-state index contributed by atoms with van der Waals surface area (Å²) in [5, 5.41) is 3.39. The van der Waals surface area contributed by atoms with Crippen molar-refractivity contribution in [2.75, 3.05) is 13.7 Å². The minimum atomic E-state index is 0.554. The zero-order valence-corrected chi connectivity index (χ0v) is 11.3. The van der Waals surface area contributed by atoms with Crippen molar-refractivity contribution in [3.63, 3.8) is 0 Å². The van der Waals surface area contributed by atoms with Gasteiger partial charge in [-0.25, -0.2) is 0 Å². The minimum absolute atomic E-state index is 0.554. The fourth-order valence-electron chi connectivity index (χ4n) is 2.19. The van der Waals surface area contributed by atoms with E-state index in [2.05, 4.69) is 19.2 Å². The van der Waals surface area contributed by atoms with E-state index < -0.39 is 0 Å². The molecule has 2 nitrogen and oxygen atoms in total. The molecule has 96 valence electrons. The highest BCUT2D eigenvalue weighted by molar-refractivity contribution is 5.20. The van der Waals surface area contributed by atoms with Crippen molar-refractivity contribution in [2.45, 2.75) is 39.2 Å². The Morgan fingerprint density at radius 2 is 1.88 bits per heavy atom. The molecule has 17 heavy (non-hydrogen) atoms. The van der Waals surface area contributed by atoms with Crippen molar-refractivity contribution in [2.24, 2.45) is 5.92 Å². The first-order valence-corrected chi connectivity index (χ1v) is 6.63. The predicted molar refractivity (Wildman–Crippen MR) is 73.5 cm³/mol. The van der Waals surface area contributed by atoms with Gasteiger partial charge in [-0.1, -0.05) is 38.5 Å². The predicted octanol–water partition coefficient (Wildman–Crippen LogP) is 3.48. The Bertz CT molecular complexity index is 286. The van der Waals surface area contributed by atoms with Crippen molar-refractivity contribution >= 4 is 0 Å². The summed E-state index contributed by atoms with van der Waals surface area (Å²) in [5.74, 6) is 1.68. The second-order valence-electron chi connectivity index (χ2n) is 4.61. The van der Waals surface area contributed by atoms with Gasteiger partial charge < -0.3 is 10.1 Å². The zero-order chi connectivity index (χ0) is 12.5. The van der Waals surface area contributed by atoms with Gasteiger partial charge >= 0.3 is 0 Å². The number of benzene rings is 1. The summed E-state index contributed by atoms with van der Waals surface area (Å²) in [6.45, 7) is 5.33. The minimum Gasteiger partial charge on any atom is -0.494 e. The normalized spacial score (nSPS) is 14.3. The van der Waals surface area contributed by atoms with Gasteiger partial charge in [-0.3, -0.25) is 0 Å². The average molecular weight is 235 g/mol. The molecule has 1 aromatic rings. The largest absolute Gasteiger partial charge is 0.494 e. The lowest BCUT2D eigenvalue weighted by atomic mass is 9.95. The SMILES string of the molecule is CCCC(C)C(CCOc1ccccc1)NC. The Kier molecular flexibility index (Phi) is 6.71. The van der Waals surface area contributed by atoms with Gasteiger partial charge in [-0.2, -0.15) is 0 Å². The van der Waals surface area contributed by atoms with Crippen LogP contribution in [0.2, 0.25) is 0 Å². The van der Waals surface area contributed by atoms with Crippen LogP contribution < -0.4 is 10.1 Å². The number of hydrogen-bond donors (Lipinski definition) is 1. The summed E-state index contributed by atoms with van der Waals surface area (Å²) in [5.41, 5.74) is 0. The Labute approximate surface area is 105 Å². The van der Waals surface area contributed by atoms with Gasteiger partial charge in [-0.05, 0) is 37.9 Å². The highest BCUT2D eigenvalue weighted by Gasteiger charge is 2.14. The smallest absolute Gasteiger partial charge is 0.119 e. The molecule has 0 aromatic heterocycles. The zero-order valence-electron chi connectivity index (χ0n) is 11.3. The van der Waals surface area contributed by atoms with Crippen LogP contribution in [0.1, 0.15) is 33.1 Å². The molecule has 0 aliphatic heterocycles. The van der Waals surface area contributed by atoms with Crippen LogP contribution >= 0.6 is 0 Å². The molecule has 0 spiro atoms. The third-order valence-corrected chi connectivity index (χ3v) is 3.24. The van der Waals surface area contributed by atoms with E-state index >= 15 is 0 Å². The van der Waals surface area contributed by atoms with E-state index in [-0.39, 0.29) is 0 Å². The summed E-state index contributed by atoms with van der Waals surface area (Å²) in [6.07, 6.45) is 3.59. The van der Waals surface area contributed by atoms with Gasteiger partial charge in [0, 0.05) is 6.04 Å². The molecule has 2 unspecified atom stereocenters. The Morgan fingerprint density at radius 1 is 1.18 bits per heavy atom. The first-order valence-electron chi connectivity index (χ1n) is 6.63. The molecular formula is C15H25NO. The van der Waals surface area contributed by atoms with E-state index in [1.165, 1.54) is 12.8 Å². The molecule has 0 amide bonds. The van der Waals surface area contributed by atoms with E-state index in [0.29, 0.717) is 12.0 Å². The number of ether oxygens (including phenoxy) is 1. The number of para-hydroxylation sites is 1. The average Bonchev–Trinajstić information content (AvgIpc) is 2.36. The van der Waals surface area contributed by atoms with Crippen molar-refractivity contribution in [3.05, 3.63) is 30.3 Å². The molecule has 1 aromatic carbocycles. The van der Waals surface area contributed by atoms with E-state index in [1.54, 1.807) is 0 Å². The lowest BCUT2D eigenvalue weighted by Crippen LogP contribution is -2.33. The standard InChI is InChI=1S/C15H25NO/c1-4-8-13(2)15(16-3)11-12-17-14-9-6-5-7-10-14/h5-7,9-10,13,15-16H,4,8,11-12H2,1-3H3. The maximum absolute atomic E-state index is 5.73. The van der Waals surface area contributed by atoms with Crippen LogP contribution in [-0.4, -0.2) is 19.7 Å². The fourth-order valence-corrected chi connectivity index (χ4v) is 2.19. The third kappa shape index (κ3) is 5.22. The second-order valence-corrected chi connectivity index (χ2v) is 4.61. The first kappa shape index (κ1) is 14.0. The van der Waals surface area contributed by atoms with Crippen molar-refractivity contribution < 1.29 is 4.74 Å². The van der Waals surface area contributed by atoms with Gasteiger partial charge in [0.1, 0.15) is 5.75 Å². The molecule has 0 aliphatic carbocycles. The van der Waals surface area contributed by atoms with E-state index in [9.17, 15) is 0 Å². The number of hydrogen-bond acceptors (Lipinski definition) is 2. The van der Waals surface area contributed by atoms with Gasteiger partial charge in [0.2, 0.25) is 0 Å². The second kappa shape index (κ2) is 8.13. The molecule has 0 saturated heterocycles. The topological polar surface area (TPSA) is 21.3 Å². The summed E-state index contributed by atoms with van der Waals surface area (Å²) < 4.78 is 5.73. The fraction of sp³-hybridized carbons (Fsp3) is 0.600. The van der Waals surface area contributed by atoms with Crippen molar-refractivity contribution in [1.29, 1.82) is 0 Å². The molecule has 0 heterocycles. The molecule has 0 saturated carbocycles. The number of rotatable bonds is 8. The Morgan fingerprint density at radius 3 is 2.47 bits per heavy atom. The van der Waals surface area contributed by atoms with Crippen LogP contribution in [-0.2, 0) is 0 Å². The van der Waals surface area contributed by atoms with Gasteiger partial charge in [0.25, 0.3) is 0 Å². The molecule has 2 atom stereocenters. The van der Waals surface area contributed by atoms with Crippen LogP contribution in [0.4, 0.5) is 0 Å². The molecule has 0 radical (unpaired) electrons. The van der Waals surface area contributed by atoms with E-state index in [1.807, 2.05) is 37.4 Å². The van der Waals surface area contributed by atoms with Crippen LogP contribution in [0, 0.1) is 5.92 Å². The third-order valence-electron chi connectivity index (χ3n) is 3.24. The van der Waals surface area contributed by atoms with Crippen LogP contribution in [0.3, 0.4) is 0 Å². The first-order chi connectivity index (χ1) is 8.27. The highest BCUT2D eigenvalue weighted by Crippen LogP contribution is 2.14. The van der Waals surface area contributed by atoms with Crippen LogP contribution in [0.5, 0.6) is 5.75 Å². The number of nitrogens with one attached hydrogen (secondary N) is 1.